The molecular formula is C20H27NO4SY. The first-order chi connectivity index (χ1) is 12.3. The molecule has 0 spiro atoms. The van der Waals surface area contributed by atoms with E-state index in [0.717, 1.165) is 17.5 Å². The summed E-state index contributed by atoms with van der Waals surface area (Å²) in [6.45, 7) is 2.36. The zero-order chi connectivity index (χ0) is 19.2. The second kappa shape index (κ2) is 11.2. The maximum atomic E-state index is 12.2. The van der Waals surface area contributed by atoms with Gasteiger partial charge in [0.1, 0.15) is 5.75 Å². The van der Waals surface area contributed by atoms with Crippen molar-refractivity contribution in [2.75, 3.05) is 17.1 Å². The van der Waals surface area contributed by atoms with Crippen molar-refractivity contribution < 1.29 is 51.3 Å². The van der Waals surface area contributed by atoms with Crippen LogP contribution in [-0.2, 0) is 49.2 Å². The Morgan fingerprint density at radius 1 is 1.11 bits per heavy atom. The van der Waals surface area contributed by atoms with Crippen molar-refractivity contribution in [1.82, 2.24) is 0 Å². The number of hydrogen-bond acceptors (Lipinski definition) is 4. The second-order valence-electron chi connectivity index (χ2n) is 6.50. The van der Waals surface area contributed by atoms with Crippen molar-refractivity contribution in [3.05, 3.63) is 59.7 Å². The molecule has 2 N–H and O–H groups in total. The molecule has 0 saturated heterocycles. The van der Waals surface area contributed by atoms with E-state index < -0.39 is 16.1 Å². The Labute approximate surface area is 187 Å². The van der Waals surface area contributed by atoms with Crippen LogP contribution in [0.2, 0.25) is 0 Å². The van der Waals surface area contributed by atoms with Crippen LogP contribution in [0.1, 0.15) is 43.4 Å². The summed E-state index contributed by atoms with van der Waals surface area (Å²) in [5.41, 5.74) is 2.36. The first-order valence-electron chi connectivity index (χ1n) is 8.85. The van der Waals surface area contributed by atoms with E-state index >= 15 is 0 Å². The molecule has 1 atom stereocenters. The van der Waals surface area contributed by atoms with E-state index in [4.69, 9.17) is 0 Å². The van der Waals surface area contributed by atoms with Gasteiger partial charge >= 0.3 is 0 Å². The largest absolute Gasteiger partial charge is 0.508 e. The van der Waals surface area contributed by atoms with E-state index in [-0.39, 0.29) is 38.5 Å². The number of aliphatic hydroxyl groups is 1. The van der Waals surface area contributed by atoms with Gasteiger partial charge in [0.2, 0.25) is 10.0 Å². The topological polar surface area (TPSA) is 77.8 Å². The van der Waals surface area contributed by atoms with E-state index in [1.807, 2.05) is 13.0 Å². The summed E-state index contributed by atoms with van der Waals surface area (Å²) < 4.78 is 25.8. The number of benzene rings is 2. The number of rotatable bonds is 9. The van der Waals surface area contributed by atoms with E-state index in [1.54, 1.807) is 42.5 Å². The number of hydrogen-bond donors (Lipinski definition) is 2. The fourth-order valence-corrected chi connectivity index (χ4v) is 3.89. The van der Waals surface area contributed by atoms with Crippen molar-refractivity contribution >= 4 is 15.7 Å². The second-order valence-corrected chi connectivity index (χ2v) is 8.41. The summed E-state index contributed by atoms with van der Waals surface area (Å²) >= 11 is 0. The average Bonchev–Trinajstić information content (AvgIpc) is 2.58. The Kier molecular flexibility index (Phi) is 9.95. The number of anilines is 1. The number of nitrogens with zero attached hydrogens (tertiary/aromatic N) is 1. The minimum atomic E-state index is -3.40. The molecule has 2 rings (SSSR count). The number of aryl methyl sites for hydroxylation is 1. The van der Waals surface area contributed by atoms with Crippen LogP contribution in [0, 0.1) is 0 Å². The normalized spacial score (nSPS) is 12.3. The molecule has 0 aliphatic carbocycles. The molecular weight excluding hydrogens is 439 g/mol. The van der Waals surface area contributed by atoms with Gasteiger partial charge < -0.3 is 10.2 Å². The summed E-state index contributed by atoms with van der Waals surface area (Å²) in [7, 11) is -3.40. The van der Waals surface area contributed by atoms with Gasteiger partial charge in [0.05, 0.1) is 18.0 Å². The minimum Gasteiger partial charge on any atom is -0.508 e. The van der Waals surface area contributed by atoms with E-state index in [0.29, 0.717) is 31.5 Å². The van der Waals surface area contributed by atoms with Crippen LogP contribution < -0.4 is 4.31 Å². The van der Waals surface area contributed by atoms with Crippen molar-refractivity contribution in [2.45, 2.75) is 38.7 Å². The van der Waals surface area contributed by atoms with Crippen LogP contribution in [0.25, 0.3) is 0 Å². The molecule has 0 aliphatic heterocycles. The summed E-state index contributed by atoms with van der Waals surface area (Å²) in [4.78, 5) is 0. The quantitative estimate of drug-likeness (QED) is 0.592. The standard InChI is InChI=1S/C20H27NO4S.Y/c1-3-6-20(23)17-10-12-18(13-11-17)21(26(2,24)25)14-5-8-16-7-4-9-19(22)15-16;/h4,7,9-13,15,20,22-23H,3,5-6,8,14H2,1-2H3;. The summed E-state index contributed by atoms with van der Waals surface area (Å²) in [6.07, 6.45) is 3.55. The van der Waals surface area contributed by atoms with Gasteiger partial charge in [-0.15, -0.1) is 0 Å². The third-order valence-electron chi connectivity index (χ3n) is 4.27. The van der Waals surface area contributed by atoms with Crippen molar-refractivity contribution in [1.29, 1.82) is 0 Å². The third kappa shape index (κ3) is 7.53. The van der Waals surface area contributed by atoms with Gasteiger partial charge in [-0.25, -0.2) is 8.42 Å². The molecule has 7 heteroatoms. The van der Waals surface area contributed by atoms with Crippen molar-refractivity contribution in [2.24, 2.45) is 0 Å². The molecule has 27 heavy (non-hydrogen) atoms. The molecule has 5 nitrogen and oxygen atoms in total. The van der Waals surface area contributed by atoms with Crippen LogP contribution >= 0.6 is 0 Å². The average molecular weight is 466 g/mol. The van der Waals surface area contributed by atoms with E-state index in [9.17, 15) is 18.6 Å². The molecule has 0 saturated carbocycles. The van der Waals surface area contributed by atoms with Crippen LogP contribution in [0.4, 0.5) is 5.69 Å². The Morgan fingerprint density at radius 2 is 1.78 bits per heavy atom. The Hall–Kier alpha value is -0.946. The van der Waals surface area contributed by atoms with Crippen LogP contribution in [0.3, 0.4) is 0 Å². The van der Waals surface area contributed by atoms with Gasteiger partial charge in [-0.1, -0.05) is 37.6 Å². The smallest absolute Gasteiger partial charge is 0.232 e. The molecule has 145 valence electrons. The van der Waals surface area contributed by atoms with Crippen molar-refractivity contribution in [3.63, 3.8) is 0 Å². The Bertz CT molecular complexity index is 809. The van der Waals surface area contributed by atoms with Gasteiger partial charge in [0.15, 0.2) is 0 Å². The molecule has 1 radical (unpaired) electrons. The fourth-order valence-electron chi connectivity index (χ4n) is 2.93. The SMILES string of the molecule is CCCC(O)c1ccc(N(CCCc2cccc(O)c2)S(C)(=O)=O)cc1.[Y]. The summed E-state index contributed by atoms with van der Waals surface area (Å²) in [5.74, 6) is 0.212. The monoisotopic (exact) mass is 466 g/mol. The molecule has 0 fully saturated rings. The molecule has 1 unspecified atom stereocenters. The van der Waals surface area contributed by atoms with Crippen LogP contribution in [0.15, 0.2) is 48.5 Å². The first-order valence-corrected chi connectivity index (χ1v) is 10.7. The number of aromatic hydroxyl groups is 1. The summed E-state index contributed by atoms with van der Waals surface area (Å²) in [5, 5.41) is 19.6. The van der Waals surface area contributed by atoms with E-state index in [2.05, 4.69) is 0 Å². The van der Waals surface area contributed by atoms with Crippen LogP contribution in [-0.4, -0.2) is 31.4 Å². The summed E-state index contributed by atoms with van der Waals surface area (Å²) in [6, 6.07) is 14.0. The predicted molar refractivity (Wildman–Crippen MR) is 105 cm³/mol. The molecule has 2 aromatic rings. The number of phenols is 1. The third-order valence-corrected chi connectivity index (χ3v) is 5.46. The van der Waals surface area contributed by atoms with Crippen molar-refractivity contribution in [3.8, 4) is 5.75 Å². The van der Waals surface area contributed by atoms with E-state index in [1.165, 1.54) is 10.6 Å². The molecule has 0 amide bonds. The number of sulfonamides is 1. The zero-order valence-electron chi connectivity index (χ0n) is 15.9. The first kappa shape index (κ1) is 24.1. The molecule has 0 heterocycles. The van der Waals surface area contributed by atoms with Gasteiger partial charge in [-0.2, -0.15) is 0 Å². The Balaban J connectivity index is 0.00000364. The van der Waals surface area contributed by atoms with Gasteiger partial charge in [0.25, 0.3) is 0 Å². The predicted octanol–water partition coefficient (Wildman–Crippen LogP) is 3.62. The van der Waals surface area contributed by atoms with Crippen LogP contribution in [0.5, 0.6) is 5.75 Å². The molecule has 0 aliphatic rings. The molecule has 0 aromatic heterocycles. The maximum absolute atomic E-state index is 12.2. The number of phenolic OH excluding ortho intramolecular Hbond substituents is 1. The number of aliphatic hydroxyl groups excluding tert-OH is 1. The van der Waals surface area contributed by atoms with Gasteiger partial charge in [-0.05, 0) is 54.7 Å². The minimum absolute atomic E-state index is 0. The zero-order valence-corrected chi connectivity index (χ0v) is 19.5. The maximum Gasteiger partial charge on any atom is 0.232 e. The van der Waals surface area contributed by atoms with Gasteiger partial charge in [-0.3, -0.25) is 4.31 Å². The molecule has 0 bridgehead atoms. The Morgan fingerprint density at radius 3 is 2.33 bits per heavy atom. The fraction of sp³-hybridized carbons (Fsp3) is 0.400. The molecule has 2 aromatic carbocycles. The van der Waals surface area contributed by atoms with Gasteiger partial charge in [0, 0.05) is 39.3 Å².